The maximum Gasteiger partial charge on any atom is 0.333 e. The second kappa shape index (κ2) is 7.59. The Morgan fingerprint density at radius 3 is 2.62 bits per heavy atom. The van der Waals surface area contributed by atoms with Crippen LogP contribution < -0.4 is 0 Å². The number of cyclic esters (lactones) is 1. The van der Waals surface area contributed by atoms with Gasteiger partial charge in [-0.1, -0.05) is 40.2 Å². The van der Waals surface area contributed by atoms with Gasteiger partial charge in [0.2, 0.25) is 0 Å². The summed E-state index contributed by atoms with van der Waals surface area (Å²) in [5.74, 6) is -0.146. The lowest BCUT2D eigenvalue weighted by atomic mass is 10.0. The lowest BCUT2D eigenvalue weighted by molar-refractivity contribution is -0.142. The molecule has 0 saturated carbocycles. The molecule has 3 nitrogen and oxygen atoms in total. The third kappa shape index (κ3) is 5.59. The Morgan fingerprint density at radius 2 is 2.05 bits per heavy atom. The molecule has 0 aliphatic carbocycles. The highest BCUT2D eigenvalue weighted by molar-refractivity contribution is 6.74. The van der Waals surface area contributed by atoms with Gasteiger partial charge in [-0.05, 0) is 43.8 Å². The first-order chi connectivity index (χ1) is 9.67. The molecule has 1 rings (SSSR count). The average Bonchev–Trinajstić information content (AvgIpc) is 2.35. The first-order valence-corrected chi connectivity index (χ1v) is 11.1. The van der Waals surface area contributed by atoms with Gasteiger partial charge in [-0.2, -0.15) is 0 Å². The van der Waals surface area contributed by atoms with E-state index in [4.69, 9.17) is 9.16 Å². The van der Waals surface area contributed by atoms with Gasteiger partial charge in [-0.25, -0.2) is 4.79 Å². The number of carbonyl (C=O) groups excluding carboxylic acids is 1. The van der Waals surface area contributed by atoms with Crippen molar-refractivity contribution >= 4 is 14.3 Å². The van der Waals surface area contributed by atoms with Crippen LogP contribution in [0.5, 0.6) is 0 Å². The predicted molar refractivity (Wildman–Crippen MR) is 89.9 cm³/mol. The van der Waals surface area contributed by atoms with Gasteiger partial charge in [0.1, 0.15) is 6.61 Å². The summed E-state index contributed by atoms with van der Waals surface area (Å²) in [6.45, 7) is 13.7. The summed E-state index contributed by atoms with van der Waals surface area (Å²) in [6, 6.07) is 0. The summed E-state index contributed by atoms with van der Waals surface area (Å²) in [7, 11) is -1.80. The quantitative estimate of drug-likeness (QED) is 0.539. The Bertz CT molecular complexity index is 380. The molecule has 0 amide bonds. The van der Waals surface area contributed by atoms with E-state index in [0.717, 1.165) is 37.7 Å². The Morgan fingerprint density at radius 1 is 1.38 bits per heavy atom. The molecule has 0 spiro atoms. The molecule has 0 N–H and O–H groups in total. The van der Waals surface area contributed by atoms with Crippen LogP contribution in [-0.4, -0.2) is 27.0 Å². The largest absolute Gasteiger partial charge is 0.460 e. The molecule has 0 aromatic carbocycles. The van der Waals surface area contributed by atoms with Gasteiger partial charge >= 0.3 is 5.97 Å². The summed E-state index contributed by atoms with van der Waals surface area (Å²) in [5, 5.41) is 0.182. The van der Waals surface area contributed by atoms with E-state index in [-0.39, 0.29) is 17.1 Å². The van der Waals surface area contributed by atoms with Crippen LogP contribution in [0.1, 0.15) is 59.8 Å². The molecule has 4 heteroatoms. The number of esters is 1. The van der Waals surface area contributed by atoms with Crippen molar-refractivity contribution in [2.45, 2.75) is 84.0 Å². The van der Waals surface area contributed by atoms with Crippen molar-refractivity contribution in [3.8, 4) is 0 Å². The van der Waals surface area contributed by atoms with Gasteiger partial charge in [0, 0.05) is 5.57 Å². The number of rotatable bonds is 5. The summed E-state index contributed by atoms with van der Waals surface area (Å²) >= 11 is 0. The molecule has 21 heavy (non-hydrogen) atoms. The van der Waals surface area contributed by atoms with Gasteiger partial charge in [0.25, 0.3) is 0 Å². The van der Waals surface area contributed by atoms with E-state index >= 15 is 0 Å². The highest BCUT2D eigenvalue weighted by Gasteiger charge is 2.39. The van der Waals surface area contributed by atoms with Crippen molar-refractivity contribution in [2.75, 3.05) is 6.61 Å². The highest BCUT2D eigenvalue weighted by Crippen LogP contribution is 2.38. The Hall–Kier alpha value is -0.613. The van der Waals surface area contributed by atoms with E-state index in [1.165, 1.54) is 0 Å². The zero-order valence-electron chi connectivity index (χ0n) is 14.6. The van der Waals surface area contributed by atoms with Crippen LogP contribution in [-0.2, 0) is 14.0 Å². The Balaban J connectivity index is 2.64. The monoisotopic (exact) mass is 312 g/mol. The minimum Gasteiger partial charge on any atom is -0.460 e. The van der Waals surface area contributed by atoms with E-state index in [1.54, 1.807) is 0 Å². The van der Waals surface area contributed by atoms with Gasteiger partial charge in [-0.15, -0.1) is 0 Å². The zero-order chi connectivity index (χ0) is 16.1. The molecule has 0 radical (unpaired) electrons. The molecular weight excluding hydrogens is 280 g/mol. The lowest BCUT2D eigenvalue weighted by Gasteiger charge is -2.39. The molecular formula is C17H32O3Si. The Kier molecular flexibility index (Phi) is 6.66. The zero-order valence-corrected chi connectivity index (χ0v) is 15.6. The maximum atomic E-state index is 12.0. The van der Waals surface area contributed by atoms with Gasteiger partial charge in [-0.3, -0.25) is 0 Å². The second-order valence-corrected chi connectivity index (χ2v) is 12.3. The molecule has 0 aromatic rings. The highest BCUT2D eigenvalue weighted by atomic mass is 28.4. The minimum absolute atomic E-state index is 0.0406. The van der Waals surface area contributed by atoms with Crippen LogP contribution >= 0.6 is 0 Å². The van der Waals surface area contributed by atoms with Gasteiger partial charge in [0.15, 0.2) is 8.32 Å². The van der Waals surface area contributed by atoms with Crippen LogP contribution in [0.4, 0.5) is 0 Å². The second-order valence-electron chi connectivity index (χ2n) is 7.51. The van der Waals surface area contributed by atoms with Crippen LogP contribution in [0.3, 0.4) is 0 Å². The average molecular weight is 313 g/mol. The van der Waals surface area contributed by atoms with Crippen molar-refractivity contribution in [3.63, 3.8) is 0 Å². The van der Waals surface area contributed by atoms with E-state index in [1.807, 2.05) is 0 Å². The minimum atomic E-state index is -1.80. The summed E-state index contributed by atoms with van der Waals surface area (Å²) < 4.78 is 11.8. The predicted octanol–water partition coefficient (Wildman–Crippen LogP) is 4.83. The SMILES string of the molecule is CCCC/C1=C/CCC(O[Si](C)(C)C(C)(C)C)COC1=O. The number of allylic oxidation sites excluding steroid dienone is 1. The van der Waals surface area contributed by atoms with Gasteiger partial charge < -0.3 is 9.16 Å². The number of carbonyl (C=O) groups is 1. The molecule has 1 heterocycles. The molecule has 0 bridgehead atoms. The van der Waals surface area contributed by atoms with Crippen molar-refractivity contribution in [3.05, 3.63) is 11.6 Å². The standard InChI is InChI=1S/C17H32O3Si/c1-7-8-10-14-11-9-12-15(13-19-16(14)18)20-21(5,6)17(2,3)4/h11,15H,7-10,12-13H2,1-6H3/b14-11-. The summed E-state index contributed by atoms with van der Waals surface area (Å²) in [6.07, 6.45) is 6.93. The third-order valence-electron chi connectivity index (χ3n) is 4.61. The molecule has 1 atom stereocenters. The lowest BCUT2D eigenvalue weighted by Crippen LogP contribution is -2.45. The van der Waals surface area contributed by atoms with Crippen LogP contribution in [0, 0.1) is 0 Å². The first-order valence-electron chi connectivity index (χ1n) is 8.21. The number of hydrogen-bond acceptors (Lipinski definition) is 3. The van der Waals surface area contributed by atoms with Crippen LogP contribution in [0.2, 0.25) is 18.1 Å². The topological polar surface area (TPSA) is 35.5 Å². The maximum absolute atomic E-state index is 12.0. The fourth-order valence-corrected chi connectivity index (χ4v) is 3.50. The summed E-state index contributed by atoms with van der Waals surface area (Å²) in [5.41, 5.74) is 0.850. The molecule has 1 unspecified atom stereocenters. The van der Waals surface area contributed by atoms with Crippen molar-refractivity contribution in [1.29, 1.82) is 0 Å². The normalized spacial score (nSPS) is 23.8. The van der Waals surface area contributed by atoms with Crippen LogP contribution in [0.15, 0.2) is 11.6 Å². The van der Waals surface area contributed by atoms with Gasteiger partial charge in [0.05, 0.1) is 6.10 Å². The molecule has 0 saturated heterocycles. The molecule has 0 fully saturated rings. The number of hydrogen-bond donors (Lipinski definition) is 0. The fourth-order valence-electron chi connectivity index (χ4n) is 2.13. The van der Waals surface area contributed by atoms with E-state index in [9.17, 15) is 4.79 Å². The van der Waals surface area contributed by atoms with Crippen LogP contribution in [0.25, 0.3) is 0 Å². The molecule has 1 aliphatic heterocycles. The molecule has 1 aliphatic rings. The smallest absolute Gasteiger partial charge is 0.333 e. The third-order valence-corrected chi connectivity index (χ3v) is 9.14. The van der Waals surface area contributed by atoms with Crippen molar-refractivity contribution < 1.29 is 14.0 Å². The van der Waals surface area contributed by atoms with Crippen molar-refractivity contribution in [1.82, 2.24) is 0 Å². The van der Waals surface area contributed by atoms with E-state index in [0.29, 0.717) is 6.61 Å². The molecule has 0 aromatic heterocycles. The van der Waals surface area contributed by atoms with E-state index in [2.05, 4.69) is 46.9 Å². The number of unbranched alkanes of at least 4 members (excludes halogenated alkanes) is 1. The fraction of sp³-hybridized carbons (Fsp3) is 0.824. The van der Waals surface area contributed by atoms with E-state index < -0.39 is 8.32 Å². The van der Waals surface area contributed by atoms with Crippen molar-refractivity contribution in [2.24, 2.45) is 0 Å². The Labute approximate surface area is 131 Å². The summed E-state index contributed by atoms with van der Waals surface area (Å²) in [4.78, 5) is 12.0. The molecule has 122 valence electrons. The first kappa shape index (κ1) is 18.4. The number of ether oxygens (including phenoxy) is 1.